The van der Waals surface area contributed by atoms with Gasteiger partial charge in [0.05, 0.1) is 0 Å². The van der Waals surface area contributed by atoms with Crippen LogP contribution in [0.2, 0.25) is 18.1 Å². The summed E-state index contributed by atoms with van der Waals surface area (Å²) in [5, 5.41) is 5.47. The molecule has 0 aromatic heterocycles. The summed E-state index contributed by atoms with van der Waals surface area (Å²) in [7, 11) is -1.82. The van der Waals surface area contributed by atoms with Gasteiger partial charge in [-0.05, 0) is 55.7 Å². The van der Waals surface area contributed by atoms with E-state index in [-0.39, 0.29) is 22.2 Å². The van der Waals surface area contributed by atoms with Crippen molar-refractivity contribution in [3.8, 4) is 0 Å². The van der Waals surface area contributed by atoms with Gasteiger partial charge in [0.25, 0.3) is 0 Å². The number of carbonyl (C=O) groups excluding carboxylic acids is 1. The summed E-state index contributed by atoms with van der Waals surface area (Å²) in [6.45, 7) is 14.6. The molecule has 2 bridgehead atoms. The molecule has 0 aromatic carbocycles. The molecule has 0 radical (unpaired) electrons. The van der Waals surface area contributed by atoms with Crippen molar-refractivity contribution in [2.24, 2.45) is 17.3 Å². The lowest BCUT2D eigenvalue weighted by molar-refractivity contribution is -0.215. The Hall–Kier alpha value is -0.593. The first kappa shape index (κ1) is 16.9. The standard InChI is InChI=1S/C18H32N2O3Si/c1-12-7-13-8-14-10-17(13,11-22-24(5,6)16(2,3)4)18(9-12)19-15(21)23-20(14)18/h12-14H,7-11H2,1-6H3,(H,19,21)/t12-,13?,14-,17+,18+/m1/s1. The van der Waals surface area contributed by atoms with E-state index in [1.807, 2.05) is 5.06 Å². The van der Waals surface area contributed by atoms with E-state index in [9.17, 15) is 4.79 Å². The SMILES string of the molecule is C[C@@H]1CC2C[C@@H]3C[C@@]2(CO[Si](C)(C)C(C)(C)C)[C@@]2(C1)NC(=O)ON32. The van der Waals surface area contributed by atoms with Crippen molar-refractivity contribution in [1.82, 2.24) is 10.4 Å². The van der Waals surface area contributed by atoms with E-state index in [0.717, 1.165) is 25.9 Å². The predicted molar refractivity (Wildman–Crippen MR) is 94.7 cm³/mol. The van der Waals surface area contributed by atoms with Crippen LogP contribution < -0.4 is 5.32 Å². The zero-order valence-electron chi connectivity index (χ0n) is 15.9. The van der Waals surface area contributed by atoms with Crippen LogP contribution in [-0.4, -0.2) is 37.8 Å². The molecule has 0 aromatic rings. The van der Waals surface area contributed by atoms with Crippen LogP contribution >= 0.6 is 0 Å². The van der Waals surface area contributed by atoms with Gasteiger partial charge in [-0.2, -0.15) is 0 Å². The lowest BCUT2D eigenvalue weighted by Gasteiger charge is -2.56. The first-order valence-electron chi connectivity index (χ1n) is 9.44. The number of hydrogen-bond acceptors (Lipinski definition) is 4. The third kappa shape index (κ3) is 1.96. The number of hydroxylamine groups is 2. The quantitative estimate of drug-likeness (QED) is 0.784. The van der Waals surface area contributed by atoms with Crippen LogP contribution in [0.5, 0.6) is 0 Å². The average Bonchev–Trinajstić information content (AvgIpc) is 3.01. The molecule has 2 aliphatic carbocycles. The molecule has 4 rings (SSSR count). The maximum atomic E-state index is 12.1. The zero-order valence-corrected chi connectivity index (χ0v) is 16.9. The van der Waals surface area contributed by atoms with Crippen LogP contribution in [0.1, 0.15) is 53.4 Å². The maximum Gasteiger partial charge on any atom is 0.427 e. The number of carbonyl (C=O) groups is 1. The summed E-state index contributed by atoms with van der Waals surface area (Å²) in [5.74, 6) is 1.24. The fourth-order valence-electron chi connectivity index (χ4n) is 5.62. The molecule has 2 saturated heterocycles. The molecule has 5 atom stereocenters. The van der Waals surface area contributed by atoms with E-state index >= 15 is 0 Å². The second-order valence-electron chi connectivity index (χ2n) is 10.2. The van der Waals surface area contributed by atoms with E-state index in [2.05, 4.69) is 46.1 Å². The van der Waals surface area contributed by atoms with Gasteiger partial charge in [0.2, 0.25) is 0 Å². The van der Waals surface area contributed by atoms with Crippen molar-refractivity contribution < 1.29 is 14.1 Å². The summed E-state index contributed by atoms with van der Waals surface area (Å²) in [5.41, 5.74) is -0.316. The van der Waals surface area contributed by atoms with Gasteiger partial charge < -0.3 is 9.26 Å². The minimum atomic E-state index is -1.82. The first-order chi connectivity index (χ1) is 11.0. The number of amides is 1. The van der Waals surface area contributed by atoms with Gasteiger partial charge in [-0.1, -0.05) is 27.7 Å². The smallest absolute Gasteiger partial charge is 0.416 e. The van der Waals surface area contributed by atoms with Crippen molar-refractivity contribution in [2.45, 2.75) is 83.2 Å². The van der Waals surface area contributed by atoms with Gasteiger partial charge in [-0.25, -0.2) is 4.79 Å². The molecular formula is C18H32N2O3Si. The summed E-state index contributed by atoms with van der Waals surface area (Å²) in [6, 6.07) is 0.365. The number of nitrogens with zero attached hydrogens (tertiary/aromatic N) is 1. The van der Waals surface area contributed by atoms with E-state index in [0.29, 0.717) is 17.9 Å². The van der Waals surface area contributed by atoms with Crippen LogP contribution in [0, 0.1) is 17.3 Å². The van der Waals surface area contributed by atoms with Crippen LogP contribution in [0.15, 0.2) is 0 Å². The van der Waals surface area contributed by atoms with Crippen LogP contribution in [0.25, 0.3) is 0 Å². The lowest BCUT2D eigenvalue weighted by atomic mass is 9.59. The van der Waals surface area contributed by atoms with Crippen LogP contribution in [0.4, 0.5) is 4.79 Å². The average molecular weight is 353 g/mol. The Morgan fingerprint density at radius 3 is 2.71 bits per heavy atom. The zero-order chi connectivity index (χ0) is 17.5. The summed E-state index contributed by atoms with van der Waals surface area (Å²) in [4.78, 5) is 17.7. The second-order valence-corrected chi connectivity index (χ2v) is 15.0. The molecule has 2 saturated carbocycles. The molecular weight excluding hydrogens is 320 g/mol. The highest BCUT2D eigenvalue weighted by molar-refractivity contribution is 6.74. The second kappa shape index (κ2) is 4.77. The van der Waals surface area contributed by atoms with Gasteiger partial charge >= 0.3 is 6.09 Å². The first-order valence-corrected chi connectivity index (χ1v) is 12.3. The van der Waals surface area contributed by atoms with Gasteiger partial charge in [-0.3, -0.25) is 5.32 Å². The Morgan fingerprint density at radius 1 is 1.33 bits per heavy atom. The highest BCUT2D eigenvalue weighted by Gasteiger charge is 2.76. The predicted octanol–water partition coefficient (Wildman–Crippen LogP) is 3.87. The highest BCUT2D eigenvalue weighted by atomic mass is 28.4. The fourth-order valence-corrected chi connectivity index (χ4v) is 6.67. The van der Waals surface area contributed by atoms with E-state index in [1.165, 1.54) is 6.42 Å². The number of nitrogens with one attached hydrogen (secondary N) is 1. The van der Waals surface area contributed by atoms with Gasteiger partial charge in [0, 0.05) is 18.1 Å². The van der Waals surface area contributed by atoms with Crippen molar-refractivity contribution >= 4 is 14.4 Å². The molecule has 2 aliphatic heterocycles. The minimum absolute atomic E-state index is 0.0197. The summed E-state index contributed by atoms with van der Waals surface area (Å²) < 4.78 is 6.71. The molecule has 1 spiro atoms. The van der Waals surface area contributed by atoms with Gasteiger partial charge in [0.15, 0.2) is 8.32 Å². The van der Waals surface area contributed by atoms with Crippen LogP contribution in [-0.2, 0) is 9.26 Å². The van der Waals surface area contributed by atoms with E-state index in [4.69, 9.17) is 9.26 Å². The molecule has 136 valence electrons. The Morgan fingerprint density at radius 2 is 2.04 bits per heavy atom. The van der Waals surface area contributed by atoms with Gasteiger partial charge in [0.1, 0.15) is 5.66 Å². The molecule has 4 fully saturated rings. The van der Waals surface area contributed by atoms with Crippen molar-refractivity contribution in [3.63, 3.8) is 0 Å². The molecule has 1 amide bonds. The highest BCUT2D eigenvalue weighted by Crippen LogP contribution is 2.68. The number of fused-ring (bicyclic) bond motifs is 2. The molecule has 1 N–H and O–H groups in total. The Bertz CT molecular complexity index is 575. The molecule has 6 heteroatoms. The largest absolute Gasteiger partial charge is 0.427 e. The number of hydrogen-bond donors (Lipinski definition) is 1. The number of piperidine rings is 1. The number of rotatable bonds is 3. The molecule has 5 nitrogen and oxygen atoms in total. The fraction of sp³-hybridized carbons (Fsp3) is 0.944. The van der Waals surface area contributed by atoms with Crippen molar-refractivity contribution in [1.29, 1.82) is 0 Å². The topological polar surface area (TPSA) is 50.8 Å². The molecule has 2 heterocycles. The molecule has 24 heavy (non-hydrogen) atoms. The Kier molecular flexibility index (Phi) is 3.35. The summed E-state index contributed by atoms with van der Waals surface area (Å²) in [6.07, 6.45) is 4.20. The Labute approximate surface area is 146 Å². The van der Waals surface area contributed by atoms with E-state index in [1.54, 1.807) is 0 Å². The lowest BCUT2D eigenvalue weighted by Crippen LogP contribution is -2.68. The third-order valence-electron chi connectivity index (χ3n) is 7.79. The monoisotopic (exact) mass is 352 g/mol. The third-order valence-corrected chi connectivity index (χ3v) is 12.3. The van der Waals surface area contributed by atoms with Crippen molar-refractivity contribution in [2.75, 3.05) is 6.61 Å². The van der Waals surface area contributed by atoms with Gasteiger partial charge in [-0.15, -0.1) is 5.06 Å². The molecule has 1 unspecified atom stereocenters. The maximum absolute atomic E-state index is 12.1. The normalized spacial score (nSPS) is 44.4. The molecule has 4 aliphatic rings. The summed E-state index contributed by atoms with van der Waals surface area (Å²) >= 11 is 0. The van der Waals surface area contributed by atoms with Crippen LogP contribution in [0.3, 0.4) is 0 Å². The Balaban J connectivity index is 1.67. The van der Waals surface area contributed by atoms with Crippen molar-refractivity contribution in [3.05, 3.63) is 0 Å². The van der Waals surface area contributed by atoms with E-state index < -0.39 is 8.32 Å². The minimum Gasteiger partial charge on any atom is -0.416 e.